The molecule has 1 aliphatic rings. The first kappa shape index (κ1) is 14.0. The normalized spacial score (nSPS) is 18.4. The van der Waals surface area contributed by atoms with Crippen LogP contribution in [0, 0.1) is 12.8 Å². The lowest BCUT2D eigenvalue weighted by atomic mass is 10.1. The van der Waals surface area contributed by atoms with Crippen LogP contribution in [-0.4, -0.2) is 40.6 Å². The van der Waals surface area contributed by atoms with Gasteiger partial charge in [0.1, 0.15) is 0 Å². The molecule has 1 aromatic heterocycles. The van der Waals surface area contributed by atoms with Crippen LogP contribution in [0.5, 0.6) is 0 Å². The van der Waals surface area contributed by atoms with Crippen molar-refractivity contribution in [3.8, 4) is 0 Å². The fourth-order valence-corrected chi connectivity index (χ4v) is 3.09. The molecule has 0 bridgehead atoms. The predicted octanol–water partition coefficient (Wildman–Crippen LogP) is 2.39. The molecule has 1 saturated heterocycles. The summed E-state index contributed by atoms with van der Waals surface area (Å²) in [5.74, 6) is 0.505. The topological polar surface area (TPSA) is 53.4 Å². The van der Waals surface area contributed by atoms with Crippen LogP contribution in [0.2, 0.25) is 0 Å². The largest absolute Gasteiger partial charge is 0.396 e. The van der Waals surface area contributed by atoms with Gasteiger partial charge >= 0.3 is 0 Å². The minimum absolute atomic E-state index is 0.0807. The molecule has 2 heterocycles. The highest BCUT2D eigenvalue weighted by atomic mass is 16.3. The minimum atomic E-state index is 0.0807. The Balaban J connectivity index is 1.92. The Kier molecular flexibility index (Phi) is 3.88. The molecular weight excluding hydrogens is 264 g/mol. The molecule has 0 aliphatic carbocycles. The minimum Gasteiger partial charge on any atom is -0.396 e. The van der Waals surface area contributed by atoms with Crippen LogP contribution in [-0.2, 0) is 0 Å². The number of aryl methyl sites for hydroxylation is 1. The van der Waals surface area contributed by atoms with Gasteiger partial charge in [0.2, 0.25) is 0 Å². The zero-order valence-electron chi connectivity index (χ0n) is 12.2. The summed E-state index contributed by atoms with van der Waals surface area (Å²) in [5, 5.41) is 9.95. The van der Waals surface area contributed by atoms with Gasteiger partial charge in [-0.2, -0.15) is 0 Å². The van der Waals surface area contributed by atoms with Gasteiger partial charge in [-0.3, -0.25) is 9.78 Å². The summed E-state index contributed by atoms with van der Waals surface area (Å²) in [5.41, 5.74) is 2.47. The van der Waals surface area contributed by atoms with Crippen molar-refractivity contribution in [2.75, 3.05) is 19.7 Å². The molecule has 0 saturated carbocycles. The molecule has 1 aromatic carbocycles. The molecule has 1 fully saturated rings. The number of aliphatic hydroxyl groups is 1. The van der Waals surface area contributed by atoms with Gasteiger partial charge in [-0.15, -0.1) is 0 Å². The summed E-state index contributed by atoms with van der Waals surface area (Å²) in [7, 11) is 0. The molecule has 4 heteroatoms. The molecule has 4 nitrogen and oxygen atoms in total. The van der Waals surface area contributed by atoms with Crippen molar-refractivity contribution in [3.05, 3.63) is 41.6 Å². The lowest BCUT2D eigenvalue weighted by Crippen LogP contribution is -2.29. The average molecular weight is 284 g/mol. The van der Waals surface area contributed by atoms with Crippen molar-refractivity contribution in [2.45, 2.75) is 19.8 Å². The third-order valence-electron chi connectivity index (χ3n) is 4.19. The highest BCUT2D eigenvalue weighted by Gasteiger charge is 2.27. The monoisotopic (exact) mass is 284 g/mol. The van der Waals surface area contributed by atoms with E-state index in [0.717, 1.165) is 48.1 Å². The van der Waals surface area contributed by atoms with E-state index in [-0.39, 0.29) is 12.5 Å². The molecule has 1 unspecified atom stereocenters. The Labute approximate surface area is 124 Å². The van der Waals surface area contributed by atoms with E-state index < -0.39 is 0 Å². The number of fused-ring (bicyclic) bond motifs is 1. The number of rotatable bonds is 3. The number of carbonyl (C=O) groups is 1. The Morgan fingerprint density at radius 3 is 3.05 bits per heavy atom. The SMILES string of the molecule is Cc1cc(C(=O)N2CCC(CCO)C2)c2ccccc2n1. The van der Waals surface area contributed by atoms with Crippen LogP contribution < -0.4 is 0 Å². The van der Waals surface area contributed by atoms with Gasteiger partial charge in [-0.1, -0.05) is 18.2 Å². The molecule has 3 rings (SSSR count). The molecule has 1 atom stereocenters. The van der Waals surface area contributed by atoms with E-state index in [2.05, 4.69) is 4.98 Å². The van der Waals surface area contributed by atoms with Crippen LogP contribution >= 0.6 is 0 Å². The standard InChI is InChI=1S/C17H20N2O2/c1-12-10-15(14-4-2-3-5-16(14)18-12)17(21)19-8-6-13(11-19)7-9-20/h2-5,10,13,20H,6-9,11H2,1H3. The van der Waals surface area contributed by atoms with E-state index in [1.165, 1.54) is 0 Å². The molecule has 110 valence electrons. The number of hydrogen-bond donors (Lipinski definition) is 1. The molecule has 0 radical (unpaired) electrons. The average Bonchev–Trinajstić information content (AvgIpc) is 2.94. The van der Waals surface area contributed by atoms with Gasteiger partial charge in [0.15, 0.2) is 0 Å². The van der Waals surface area contributed by atoms with Crippen LogP contribution in [0.3, 0.4) is 0 Å². The van der Waals surface area contributed by atoms with E-state index in [9.17, 15) is 4.79 Å². The lowest BCUT2D eigenvalue weighted by molar-refractivity contribution is 0.0786. The highest BCUT2D eigenvalue weighted by Crippen LogP contribution is 2.24. The van der Waals surface area contributed by atoms with Gasteiger partial charge in [0.25, 0.3) is 5.91 Å². The van der Waals surface area contributed by atoms with Crippen LogP contribution in [0.1, 0.15) is 28.9 Å². The summed E-state index contributed by atoms with van der Waals surface area (Å²) >= 11 is 0. The molecule has 1 N–H and O–H groups in total. The van der Waals surface area contributed by atoms with Crippen molar-refractivity contribution in [1.29, 1.82) is 0 Å². The maximum Gasteiger partial charge on any atom is 0.254 e. The Morgan fingerprint density at radius 1 is 1.43 bits per heavy atom. The first-order chi connectivity index (χ1) is 10.2. The number of amides is 1. The number of likely N-dealkylation sites (tertiary alicyclic amines) is 1. The fourth-order valence-electron chi connectivity index (χ4n) is 3.09. The van der Waals surface area contributed by atoms with E-state index in [1.807, 2.05) is 42.2 Å². The zero-order valence-corrected chi connectivity index (χ0v) is 12.2. The predicted molar refractivity (Wildman–Crippen MR) is 82.2 cm³/mol. The van der Waals surface area contributed by atoms with Crippen molar-refractivity contribution in [3.63, 3.8) is 0 Å². The fraction of sp³-hybridized carbons (Fsp3) is 0.412. The Morgan fingerprint density at radius 2 is 2.24 bits per heavy atom. The molecule has 2 aromatic rings. The van der Waals surface area contributed by atoms with Gasteiger partial charge < -0.3 is 10.0 Å². The third kappa shape index (κ3) is 2.76. The zero-order chi connectivity index (χ0) is 14.8. The number of para-hydroxylation sites is 1. The molecule has 1 amide bonds. The third-order valence-corrected chi connectivity index (χ3v) is 4.19. The molecule has 0 spiro atoms. The Hall–Kier alpha value is -1.94. The number of carbonyl (C=O) groups excluding carboxylic acids is 1. The second kappa shape index (κ2) is 5.82. The first-order valence-electron chi connectivity index (χ1n) is 7.45. The van der Waals surface area contributed by atoms with Crippen LogP contribution in [0.15, 0.2) is 30.3 Å². The van der Waals surface area contributed by atoms with Crippen LogP contribution in [0.4, 0.5) is 0 Å². The van der Waals surface area contributed by atoms with Gasteiger partial charge in [0, 0.05) is 30.8 Å². The number of pyridine rings is 1. The molecular formula is C17H20N2O2. The van der Waals surface area contributed by atoms with Crippen molar-refractivity contribution in [1.82, 2.24) is 9.88 Å². The van der Waals surface area contributed by atoms with E-state index >= 15 is 0 Å². The van der Waals surface area contributed by atoms with Crippen molar-refractivity contribution < 1.29 is 9.90 Å². The summed E-state index contributed by atoms with van der Waals surface area (Å²) in [4.78, 5) is 19.2. The van der Waals surface area contributed by atoms with Gasteiger partial charge in [-0.05, 0) is 37.8 Å². The van der Waals surface area contributed by atoms with Crippen molar-refractivity contribution in [2.24, 2.45) is 5.92 Å². The summed E-state index contributed by atoms with van der Waals surface area (Å²) in [6.07, 6.45) is 1.76. The lowest BCUT2D eigenvalue weighted by Gasteiger charge is -2.18. The van der Waals surface area contributed by atoms with E-state index in [4.69, 9.17) is 5.11 Å². The molecule has 1 aliphatic heterocycles. The number of aromatic nitrogens is 1. The Bertz CT molecular complexity index is 669. The number of aliphatic hydroxyl groups excluding tert-OH is 1. The maximum absolute atomic E-state index is 12.8. The number of nitrogens with zero attached hydrogens (tertiary/aromatic N) is 2. The van der Waals surface area contributed by atoms with Gasteiger partial charge in [-0.25, -0.2) is 0 Å². The number of hydrogen-bond acceptors (Lipinski definition) is 3. The van der Waals surface area contributed by atoms with E-state index in [0.29, 0.717) is 5.92 Å². The highest BCUT2D eigenvalue weighted by molar-refractivity contribution is 6.06. The van der Waals surface area contributed by atoms with Crippen LogP contribution in [0.25, 0.3) is 10.9 Å². The molecule has 21 heavy (non-hydrogen) atoms. The maximum atomic E-state index is 12.8. The quantitative estimate of drug-likeness (QED) is 0.941. The first-order valence-corrected chi connectivity index (χ1v) is 7.45. The summed E-state index contributed by atoms with van der Waals surface area (Å²) in [6, 6.07) is 9.66. The van der Waals surface area contributed by atoms with E-state index in [1.54, 1.807) is 0 Å². The second-order valence-corrected chi connectivity index (χ2v) is 5.75. The summed E-state index contributed by atoms with van der Waals surface area (Å²) < 4.78 is 0. The summed E-state index contributed by atoms with van der Waals surface area (Å²) in [6.45, 7) is 3.64. The smallest absolute Gasteiger partial charge is 0.254 e. The van der Waals surface area contributed by atoms with Gasteiger partial charge in [0.05, 0.1) is 11.1 Å². The second-order valence-electron chi connectivity index (χ2n) is 5.75. The van der Waals surface area contributed by atoms with Crippen molar-refractivity contribution >= 4 is 16.8 Å². The number of benzene rings is 1.